The lowest BCUT2D eigenvalue weighted by molar-refractivity contribution is 0.403. The van der Waals surface area contributed by atoms with Crippen molar-refractivity contribution in [3.63, 3.8) is 0 Å². The van der Waals surface area contributed by atoms with Crippen molar-refractivity contribution in [1.82, 2.24) is 0 Å². The summed E-state index contributed by atoms with van der Waals surface area (Å²) in [6.07, 6.45) is 8.32. The van der Waals surface area contributed by atoms with E-state index in [4.69, 9.17) is 0 Å². The highest BCUT2D eigenvalue weighted by atomic mass is 16.3. The molecule has 0 radical (unpaired) electrons. The van der Waals surface area contributed by atoms with E-state index in [9.17, 15) is 10.2 Å². The van der Waals surface area contributed by atoms with E-state index in [0.29, 0.717) is 0 Å². The van der Waals surface area contributed by atoms with Gasteiger partial charge in [0.2, 0.25) is 0 Å². The van der Waals surface area contributed by atoms with Crippen LogP contribution in [-0.4, -0.2) is 23.3 Å². The van der Waals surface area contributed by atoms with E-state index in [-0.39, 0.29) is 17.5 Å². The Hall–Kier alpha value is -2.68. The molecule has 0 saturated carbocycles. The number of rotatable bonds is 2. The van der Waals surface area contributed by atoms with Gasteiger partial charge in [-0.1, -0.05) is 42.0 Å². The van der Waals surface area contributed by atoms with Crippen LogP contribution in [0.5, 0.6) is 11.5 Å². The van der Waals surface area contributed by atoms with Crippen LogP contribution in [0.1, 0.15) is 16.7 Å². The van der Waals surface area contributed by atoms with Gasteiger partial charge in [-0.3, -0.25) is 0 Å². The Balaban J connectivity index is 1.83. The lowest BCUT2D eigenvalue weighted by atomic mass is 10.0. The zero-order valence-electron chi connectivity index (χ0n) is 12.7. The Bertz CT molecular complexity index is 762. The molecule has 112 valence electrons. The molecule has 3 rings (SSSR count). The van der Waals surface area contributed by atoms with Crippen LogP contribution in [0, 0.1) is 6.92 Å². The normalized spacial score (nSPS) is 17.0. The Morgan fingerprint density at radius 1 is 1.05 bits per heavy atom. The van der Waals surface area contributed by atoms with Gasteiger partial charge in [-0.25, -0.2) is 0 Å². The van der Waals surface area contributed by atoms with Crippen molar-refractivity contribution < 1.29 is 10.2 Å². The van der Waals surface area contributed by atoms with Crippen molar-refractivity contribution in [2.45, 2.75) is 13.0 Å². The smallest absolute Gasteiger partial charge is 0.157 e. The molecule has 0 bridgehead atoms. The number of anilines is 1. The molecule has 0 fully saturated rings. The van der Waals surface area contributed by atoms with Crippen LogP contribution in [0.25, 0.3) is 12.2 Å². The summed E-state index contributed by atoms with van der Waals surface area (Å²) in [7, 11) is 2.07. The number of phenols is 2. The fourth-order valence-electron chi connectivity index (χ4n) is 2.67. The average molecular weight is 293 g/mol. The molecule has 1 aliphatic rings. The Kier molecular flexibility index (Phi) is 3.63. The second kappa shape index (κ2) is 5.60. The molecule has 3 nitrogen and oxygen atoms in total. The first kappa shape index (κ1) is 14.3. The SMILES string of the molecule is Cc1ccc2c(c1)C=CC(/C=C/c1ccc(O)c(O)c1)N2C. The summed E-state index contributed by atoms with van der Waals surface area (Å²) < 4.78 is 0. The van der Waals surface area contributed by atoms with E-state index >= 15 is 0 Å². The third-order valence-electron chi connectivity index (χ3n) is 3.97. The summed E-state index contributed by atoms with van der Waals surface area (Å²) >= 11 is 0. The molecular weight excluding hydrogens is 274 g/mol. The number of aryl methyl sites for hydroxylation is 1. The van der Waals surface area contributed by atoms with Crippen LogP contribution >= 0.6 is 0 Å². The van der Waals surface area contributed by atoms with Crippen LogP contribution in [0.15, 0.2) is 48.6 Å². The summed E-state index contributed by atoms with van der Waals surface area (Å²) in [4.78, 5) is 2.21. The predicted octanol–water partition coefficient (Wildman–Crippen LogP) is 3.95. The van der Waals surface area contributed by atoms with Crippen molar-refractivity contribution in [2.24, 2.45) is 0 Å². The highest BCUT2D eigenvalue weighted by molar-refractivity contribution is 5.74. The van der Waals surface area contributed by atoms with Crippen molar-refractivity contribution in [1.29, 1.82) is 0 Å². The maximum absolute atomic E-state index is 9.54. The molecule has 0 amide bonds. The van der Waals surface area contributed by atoms with Crippen molar-refractivity contribution >= 4 is 17.8 Å². The first-order valence-electron chi connectivity index (χ1n) is 7.26. The summed E-state index contributed by atoms with van der Waals surface area (Å²) in [6.45, 7) is 2.09. The molecule has 2 N–H and O–H groups in total. The number of fused-ring (bicyclic) bond motifs is 1. The van der Waals surface area contributed by atoms with Gasteiger partial charge in [0.05, 0.1) is 6.04 Å². The fourth-order valence-corrected chi connectivity index (χ4v) is 2.67. The van der Waals surface area contributed by atoms with Gasteiger partial charge in [0, 0.05) is 12.7 Å². The monoisotopic (exact) mass is 293 g/mol. The molecule has 22 heavy (non-hydrogen) atoms. The Morgan fingerprint density at radius 3 is 2.64 bits per heavy atom. The summed E-state index contributed by atoms with van der Waals surface area (Å²) in [5.41, 5.74) is 4.54. The molecule has 0 aliphatic carbocycles. The van der Waals surface area contributed by atoms with E-state index in [1.807, 2.05) is 6.08 Å². The second-order valence-electron chi connectivity index (χ2n) is 5.63. The highest BCUT2D eigenvalue weighted by Gasteiger charge is 2.16. The van der Waals surface area contributed by atoms with E-state index in [1.54, 1.807) is 12.1 Å². The molecule has 0 aromatic heterocycles. The topological polar surface area (TPSA) is 43.7 Å². The molecule has 2 aromatic carbocycles. The number of likely N-dealkylation sites (N-methyl/N-ethyl adjacent to an activating group) is 1. The number of hydrogen-bond acceptors (Lipinski definition) is 3. The van der Waals surface area contributed by atoms with Crippen LogP contribution in [-0.2, 0) is 0 Å². The number of aromatic hydroxyl groups is 2. The second-order valence-corrected chi connectivity index (χ2v) is 5.63. The molecule has 2 aromatic rings. The van der Waals surface area contributed by atoms with E-state index < -0.39 is 0 Å². The molecule has 0 spiro atoms. The molecule has 3 heteroatoms. The lowest BCUT2D eigenvalue weighted by Gasteiger charge is -2.30. The van der Waals surface area contributed by atoms with Crippen molar-refractivity contribution in [3.05, 3.63) is 65.2 Å². The van der Waals surface area contributed by atoms with Gasteiger partial charge in [-0.15, -0.1) is 0 Å². The molecular formula is C19H19NO2. The lowest BCUT2D eigenvalue weighted by Crippen LogP contribution is -2.30. The molecule has 1 heterocycles. The first-order chi connectivity index (χ1) is 10.5. The maximum Gasteiger partial charge on any atom is 0.157 e. The Morgan fingerprint density at radius 2 is 1.86 bits per heavy atom. The van der Waals surface area contributed by atoms with Gasteiger partial charge < -0.3 is 15.1 Å². The molecule has 1 unspecified atom stereocenters. The Labute approximate surface area is 130 Å². The quantitative estimate of drug-likeness (QED) is 0.824. The van der Waals surface area contributed by atoms with Gasteiger partial charge in [-0.05, 0) is 42.3 Å². The van der Waals surface area contributed by atoms with Gasteiger partial charge in [0.15, 0.2) is 11.5 Å². The number of phenolic OH excluding ortho intramolecular Hbond substituents is 2. The van der Waals surface area contributed by atoms with Gasteiger partial charge in [-0.2, -0.15) is 0 Å². The van der Waals surface area contributed by atoms with Gasteiger partial charge in [0.1, 0.15) is 0 Å². The van der Waals surface area contributed by atoms with Crippen molar-refractivity contribution in [2.75, 3.05) is 11.9 Å². The standard InChI is InChI=1S/C19H19NO2/c1-13-3-9-17-15(11-13)6-8-16(20(17)2)7-4-14-5-10-18(21)19(22)12-14/h3-12,16,21-22H,1-2H3/b7-4+. The van der Waals surface area contributed by atoms with Crippen LogP contribution in [0.2, 0.25) is 0 Å². The van der Waals surface area contributed by atoms with Gasteiger partial charge >= 0.3 is 0 Å². The molecule has 1 aliphatic heterocycles. The minimum Gasteiger partial charge on any atom is -0.504 e. The zero-order chi connectivity index (χ0) is 15.7. The molecule has 1 atom stereocenters. The van der Waals surface area contributed by atoms with E-state index in [2.05, 4.69) is 55.3 Å². The third kappa shape index (κ3) is 2.70. The van der Waals surface area contributed by atoms with Crippen LogP contribution in [0.4, 0.5) is 5.69 Å². The van der Waals surface area contributed by atoms with E-state index in [0.717, 1.165) is 5.56 Å². The number of nitrogens with zero attached hydrogens (tertiary/aromatic N) is 1. The summed E-state index contributed by atoms with van der Waals surface area (Å²) in [6, 6.07) is 11.4. The largest absolute Gasteiger partial charge is 0.504 e. The fraction of sp³-hybridized carbons (Fsp3) is 0.158. The highest BCUT2D eigenvalue weighted by Crippen LogP contribution is 2.30. The minimum absolute atomic E-state index is 0.101. The minimum atomic E-state index is -0.101. The van der Waals surface area contributed by atoms with Crippen LogP contribution in [0.3, 0.4) is 0 Å². The zero-order valence-corrected chi connectivity index (χ0v) is 12.7. The average Bonchev–Trinajstić information content (AvgIpc) is 2.50. The third-order valence-corrected chi connectivity index (χ3v) is 3.97. The summed E-state index contributed by atoms with van der Waals surface area (Å²) in [5, 5.41) is 18.9. The first-order valence-corrected chi connectivity index (χ1v) is 7.26. The molecule has 0 saturated heterocycles. The van der Waals surface area contributed by atoms with E-state index in [1.165, 1.54) is 22.9 Å². The van der Waals surface area contributed by atoms with Gasteiger partial charge in [0.25, 0.3) is 0 Å². The number of hydrogen-bond donors (Lipinski definition) is 2. The van der Waals surface area contributed by atoms with Crippen molar-refractivity contribution in [3.8, 4) is 11.5 Å². The maximum atomic E-state index is 9.54. The summed E-state index contributed by atoms with van der Waals surface area (Å²) in [5.74, 6) is -0.202. The number of benzene rings is 2. The van der Waals surface area contributed by atoms with Crippen LogP contribution < -0.4 is 4.90 Å². The predicted molar refractivity (Wildman–Crippen MR) is 91.2 cm³/mol.